The van der Waals surface area contributed by atoms with Crippen LogP contribution in [-0.2, 0) is 7.05 Å². The fraction of sp³-hybridized carbons (Fsp3) is 0.600. The van der Waals surface area contributed by atoms with Gasteiger partial charge in [-0.25, -0.2) is 0 Å². The summed E-state index contributed by atoms with van der Waals surface area (Å²) >= 11 is 5.96. The molecule has 2 rings (SSSR count). The molecule has 1 atom stereocenters. The Kier molecular flexibility index (Phi) is 2.56. The van der Waals surface area contributed by atoms with E-state index in [4.69, 9.17) is 11.6 Å². The Bertz CT molecular complexity index is 374. The van der Waals surface area contributed by atoms with Gasteiger partial charge in [-0.1, -0.05) is 18.5 Å². The quantitative estimate of drug-likeness (QED) is 0.774. The molecule has 0 radical (unpaired) electrons. The van der Waals surface area contributed by atoms with Crippen LogP contribution in [-0.4, -0.2) is 28.7 Å². The number of aryl methyl sites for hydroxylation is 1. The lowest BCUT2D eigenvalue weighted by Crippen LogP contribution is -2.31. The highest BCUT2D eigenvalue weighted by Gasteiger charge is 2.39. The molecule has 82 valence electrons. The zero-order chi connectivity index (χ0) is 11.1. The molecule has 0 aliphatic carbocycles. The molecule has 0 saturated carbocycles. The lowest BCUT2D eigenvalue weighted by atomic mass is 9.83. The largest absolute Gasteiger partial charge is 0.316 e. The van der Waals surface area contributed by atoms with E-state index in [1.807, 2.05) is 6.92 Å². The molecule has 1 aliphatic heterocycles. The van der Waals surface area contributed by atoms with Gasteiger partial charge in [-0.15, -0.1) is 0 Å². The monoisotopic (exact) mass is 227 g/mol. The number of carbonyl (C=O) groups is 1. The second-order valence-electron chi connectivity index (χ2n) is 4.28. The van der Waals surface area contributed by atoms with Crippen LogP contribution < -0.4 is 5.32 Å². The highest BCUT2D eigenvalue weighted by molar-refractivity contribution is 6.33. The maximum atomic E-state index is 12.3. The van der Waals surface area contributed by atoms with Crippen LogP contribution in [0.25, 0.3) is 0 Å². The molecule has 1 saturated heterocycles. The molecule has 15 heavy (non-hydrogen) atoms. The third-order valence-electron chi connectivity index (χ3n) is 3.03. The number of halogens is 1. The maximum Gasteiger partial charge on any atom is 0.189 e. The van der Waals surface area contributed by atoms with Crippen LogP contribution in [0.1, 0.15) is 23.8 Å². The third-order valence-corrected chi connectivity index (χ3v) is 3.30. The molecule has 2 heterocycles. The second-order valence-corrected chi connectivity index (χ2v) is 4.69. The van der Waals surface area contributed by atoms with E-state index in [1.165, 1.54) is 6.20 Å². The first kappa shape index (κ1) is 10.6. The van der Waals surface area contributed by atoms with E-state index < -0.39 is 0 Å². The highest BCUT2D eigenvalue weighted by atomic mass is 35.5. The van der Waals surface area contributed by atoms with Crippen LogP contribution in [0.4, 0.5) is 0 Å². The van der Waals surface area contributed by atoms with Crippen molar-refractivity contribution in [2.24, 2.45) is 12.5 Å². The zero-order valence-electron chi connectivity index (χ0n) is 8.88. The van der Waals surface area contributed by atoms with Crippen LogP contribution in [0, 0.1) is 5.41 Å². The number of ketones is 1. The molecule has 5 heteroatoms. The fourth-order valence-electron chi connectivity index (χ4n) is 1.96. The molecule has 1 aliphatic rings. The minimum Gasteiger partial charge on any atom is -0.316 e. The predicted molar refractivity (Wildman–Crippen MR) is 58.1 cm³/mol. The lowest BCUT2D eigenvalue weighted by molar-refractivity contribution is 0.0829. The van der Waals surface area contributed by atoms with Gasteiger partial charge in [-0.05, 0) is 13.0 Å². The molecule has 1 fully saturated rings. The van der Waals surface area contributed by atoms with Crippen LogP contribution in [0.5, 0.6) is 0 Å². The number of nitrogens with zero attached hydrogens (tertiary/aromatic N) is 2. The van der Waals surface area contributed by atoms with Crippen molar-refractivity contribution in [1.29, 1.82) is 0 Å². The normalized spacial score (nSPS) is 25.8. The van der Waals surface area contributed by atoms with Crippen molar-refractivity contribution in [3.05, 3.63) is 16.9 Å². The molecule has 1 unspecified atom stereocenters. The summed E-state index contributed by atoms with van der Waals surface area (Å²) in [5.41, 5.74) is 0.181. The van der Waals surface area contributed by atoms with E-state index in [1.54, 1.807) is 11.7 Å². The van der Waals surface area contributed by atoms with Gasteiger partial charge >= 0.3 is 0 Å². The van der Waals surface area contributed by atoms with Crippen LogP contribution >= 0.6 is 11.6 Å². The van der Waals surface area contributed by atoms with Gasteiger partial charge in [0.25, 0.3) is 0 Å². The molecule has 0 amide bonds. The summed E-state index contributed by atoms with van der Waals surface area (Å²) in [6, 6.07) is 0. The van der Waals surface area contributed by atoms with Gasteiger partial charge in [0.2, 0.25) is 0 Å². The van der Waals surface area contributed by atoms with Crippen molar-refractivity contribution in [2.75, 3.05) is 13.1 Å². The van der Waals surface area contributed by atoms with Gasteiger partial charge in [0.15, 0.2) is 5.78 Å². The van der Waals surface area contributed by atoms with E-state index in [2.05, 4.69) is 10.4 Å². The van der Waals surface area contributed by atoms with Gasteiger partial charge < -0.3 is 5.32 Å². The molecular formula is C10H14ClN3O. The first-order valence-electron chi connectivity index (χ1n) is 4.98. The van der Waals surface area contributed by atoms with Crippen molar-refractivity contribution in [2.45, 2.75) is 13.3 Å². The summed E-state index contributed by atoms with van der Waals surface area (Å²) in [7, 11) is 1.74. The Morgan fingerprint density at radius 1 is 1.73 bits per heavy atom. The summed E-state index contributed by atoms with van der Waals surface area (Å²) in [5, 5.41) is 7.62. The number of Topliss-reactive ketones (excluding diaryl/α,β-unsaturated/α-hetero) is 1. The number of hydrogen-bond donors (Lipinski definition) is 1. The topological polar surface area (TPSA) is 46.9 Å². The Labute approximate surface area is 93.6 Å². The summed E-state index contributed by atoms with van der Waals surface area (Å²) in [6.07, 6.45) is 2.37. The Hall–Kier alpha value is -0.870. The molecule has 0 aromatic carbocycles. The molecule has 0 bridgehead atoms. The van der Waals surface area contributed by atoms with Gasteiger partial charge in [0.05, 0.1) is 11.2 Å². The van der Waals surface area contributed by atoms with Gasteiger partial charge in [-0.2, -0.15) is 5.10 Å². The summed E-state index contributed by atoms with van der Waals surface area (Å²) in [6.45, 7) is 3.57. The summed E-state index contributed by atoms with van der Waals surface area (Å²) < 4.78 is 1.55. The maximum absolute atomic E-state index is 12.3. The summed E-state index contributed by atoms with van der Waals surface area (Å²) in [4.78, 5) is 12.3. The van der Waals surface area contributed by atoms with E-state index in [0.717, 1.165) is 13.0 Å². The number of aromatic nitrogens is 2. The van der Waals surface area contributed by atoms with Crippen molar-refractivity contribution in [1.82, 2.24) is 15.1 Å². The molecule has 1 N–H and O–H groups in total. The van der Waals surface area contributed by atoms with Crippen LogP contribution in [0.3, 0.4) is 0 Å². The average Bonchev–Trinajstić information content (AvgIpc) is 2.75. The third kappa shape index (κ3) is 1.68. The number of rotatable bonds is 2. The highest BCUT2D eigenvalue weighted by Crippen LogP contribution is 2.31. The molecule has 4 nitrogen and oxygen atoms in total. The average molecular weight is 228 g/mol. The molecular weight excluding hydrogens is 214 g/mol. The van der Waals surface area contributed by atoms with E-state index in [-0.39, 0.29) is 11.2 Å². The molecule has 1 aromatic rings. The predicted octanol–water partition coefficient (Wildman–Crippen LogP) is 1.26. The Balaban J connectivity index is 2.35. The minimum atomic E-state index is -0.336. The van der Waals surface area contributed by atoms with Crippen LogP contribution in [0.15, 0.2) is 6.20 Å². The van der Waals surface area contributed by atoms with Crippen molar-refractivity contribution in [3.63, 3.8) is 0 Å². The van der Waals surface area contributed by atoms with Gasteiger partial charge in [0.1, 0.15) is 5.69 Å². The number of nitrogens with one attached hydrogen (secondary N) is 1. The van der Waals surface area contributed by atoms with Crippen molar-refractivity contribution < 1.29 is 4.79 Å². The van der Waals surface area contributed by atoms with E-state index in [0.29, 0.717) is 17.3 Å². The van der Waals surface area contributed by atoms with Crippen molar-refractivity contribution in [3.8, 4) is 0 Å². The standard InChI is InChI=1S/C10H14ClN3O/c1-10(3-4-12-6-10)9(15)8-7(11)5-13-14(8)2/h5,12H,3-4,6H2,1-2H3. The summed E-state index contributed by atoms with van der Waals surface area (Å²) in [5.74, 6) is 0.0810. The second kappa shape index (κ2) is 3.61. The van der Waals surface area contributed by atoms with E-state index in [9.17, 15) is 4.79 Å². The van der Waals surface area contributed by atoms with E-state index >= 15 is 0 Å². The fourth-order valence-corrected chi connectivity index (χ4v) is 2.21. The molecule has 1 aromatic heterocycles. The van der Waals surface area contributed by atoms with Crippen molar-refractivity contribution >= 4 is 17.4 Å². The smallest absolute Gasteiger partial charge is 0.189 e. The first-order chi connectivity index (χ1) is 7.04. The molecule has 0 spiro atoms. The number of carbonyl (C=O) groups excluding carboxylic acids is 1. The number of hydrogen-bond acceptors (Lipinski definition) is 3. The Morgan fingerprint density at radius 2 is 2.47 bits per heavy atom. The first-order valence-corrected chi connectivity index (χ1v) is 5.35. The SMILES string of the molecule is Cn1ncc(Cl)c1C(=O)C1(C)CCNC1. The van der Waals surface area contributed by atoms with Crippen LogP contribution in [0.2, 0.25) is 5.02 Å². The van der Waals surface area contributed by atoms with Gasteiger partial charge in [0, 0.05) is 19.0 Å². The minimum absolute atomic E-state index is 0.0810. The lowest BCUT2D eigenvalue weighted by Gasteiger charge is -2.20. The zero-order valence-corrected chi connectivity index (χ0v) is 9.64. The van der Waals surface area contributed by atoms with Gasteiger partial charge in [-0.3, -0.25) is 9.48 Å². The Morgan fingerprint density at radius 3 is 2.93 bits per heavy atom.